The van der Waals surface area contributed by atoms with Gasteiger partial charge in [-0.2, -0.15) is 0 Å². The van der Waals surface area contributed by atoms with Gasteiger partial charge in [0.15, 0.2) is 0 Å². The molecule has 3 aromatic carbocycles. The van der Waals surface area contributed by atoms with Gasteiger partial charge in [-0.1, -0.05) is 35.9 Å². The Labute approximate surface area is 160 Å². The van der Waals surface area contributed by atoms with Crippen molar-refractivity contribution in [2.45, 2.75) is 4.90 Å². The van der Waals surface area contributed by atoms with Gasteiger partial charge in [-0.3, -0.25) is 4.79 Å². The molecule has 26 heavy (non-hydrogen) atoms. The fraction of sp³-hybridized carbons (Fsp3) is 0.100. The SMILES string of the molecule is COC(=O)c1ccc(NC(=O)CSc2cccc3cccc(Cl)c23)cc1. The minimum Gasteiger partial charge on any atom is -0.465 e. The molecule has 0 heterocycles. The van der Waals surface area contributed by atoms with E-state index >= 15 is 0 Å². The number of nitrogens with one attached hydrogen (secondary N) is 1. The van der Waals surface area contributed by atoms with E-state index in [9.17, 15) is 9.59 Å². The maximum absolute atomic E-state index is 12.2. The van der Waals surface area contributed by atoms with Crippen molar-refractivity contribution in [3.8, 4) is 0 Å². The van der Waals surface area contributed by atoms with Gasteiger partial charge in [0.25, 0.3) is 0 Å². The first-order valence-electron chi connectivity index (χ1n) is 7.87. The summed E-state index contributed by atoms with van der Waals surface area (Å²) in [6, 6.07) is 18.2. The molecule has 0 unspecified atom stereocenters. The van der Waals surface area contributed by atoms with Gasteiger partial charge in [-0.05, 0) is 41.8 Å². The lowest BCUT2D eigenvalue weighted by molar-refractivity contribution is -0.113. The maximum atomic E-state index is 12.2. The number of carbonyl (C=O) groups is 2. The Morgan fingerprint density at radius 3 is 2.42 bits per heavy atom. The van der Waals surface area contributed by atoms with Crippen molar-refractivity contribution in [3.63, 3.8) is 0 Å². The summed E-state index contributed by atoms with van der Waals surface area (Å²) >= 11 is 7.74. The van der Waals surface area contributed by atoms with E-state index in [0.717, 1.165) is 15.7 Å². The number of carbonyl (C=O) groups excluding carboxylic acids is 2. The van der Waals surface area contributed by atoms with Gasteiger partial charge in [0.2, 0.25) is 5.91 Å². The lowest BCUT2D eigenvalue weighted by Gasteiger charge is -2.09. The molecule has 0 bridgehead atoms. The number of halogens is 1. The molecule has 3 aromatic rings. The van der Waals surface area contributed by atoms with Crippen LogP contribution in [0.2, 0.25) is 5.02 Å². The number of ether oxygens (including phenoxy) is 1. The fourth-order valence-electron chi connectivity index (χ4n) is 2.53. The summed E-state index contributed by atoms with van der Waals surface area (Å²) in [5.41, 5.74) is 1.06. The zero-order chi connectivity index (χ0) is 18.5. The van der Waals surface area contributed by atoms with E-state index in [0.29, 0.717) is 16.3 Å². The number of hydrogen-bond donors (Lipinski definition) is 1. The quantitative estimate of drug-likeness (QED) is 0.495. The van der Waals surface area contributed by atoms with E-state index in [2.05, 4.69) is 10.1 Å². The molecular formula is C20H16ClNO3S. The van der Waals surface area contributed by atoms with Gasteiger partial charge >= 0.3 is 5.97 Å². The number of hydrogen-bond acceptors (Lipinski definition) is 4. The van der Waals surface area contributed by atoms with Gasteiger partial charge in [0.05, 0.1) is 18.4 Å². The molecule has 0 atom stereocenters. The number of esters is 1. The Balaban J connectivity index is 1.65. The number of benzene rings is 3. The minimum absolute atomic E-state index is 0.134. The lowest BCUT2D eigenvalue weighted by Crippen LogP contribution is -2.14. The van der Waals surface area contributed by atoms with Crippen LogP contribution in [0.4, 0.5) is 5.69 Å². The molecule has 1 amide bonds. The van der Waals surface area contributed by atoms with Crippen LogP contribution in [0.5, 0.6) is 0 Å². The third-order valence-corrected chi connectivity index (χ3v) is 5.14. The average Bonchev–Trinajstić information content (AvgIpc) is 2.66. The van der Waals surface area contributed by atoms with E-state index < -0.39 is 5.97 Å². The molecule has 0 aromatic heterocycles. The number of fused-ring (bicyclic) bond motifs is 1. The second-order valence-corrected chi connectivity index (χ2v) is 6.92. The molecular weight excluding hydrogens is 370 g/mol. The van der Waals surface area contributed by atoms with Crippen LogP contribution in [-0.2, 0) is 9.53 Å². The first-order chi connectivity index (χ1) is 12.6. The smallest absolute Gasteiger partial charge is 0.337 e. The molecule has 0 saturated carbocycles. The molecule has 132 valence electrons. The highest BCUT2D eigenvalue weighted by Gasteiger charge is 2.09. The van der Waals surface area contributed by atoms with Crippen molar-refractivity contribution >= 4 is 51.7 Å². The summed E-state index contributed by atoms with van der Waals surface area (Å²) in [5, 5.41) is 5.48. The van der Waals surface area contributed by atoms with Crippen LogP contribution in [-0.4, -0.2) is 24.7 Å². The topological polar surface area (TPSA) is 55.4 Å². The Kier molecular flexibility index (Phi) is 5.81. The Hall–Kier alpha value is -2.50. The highest BCUT2D eigenvalue weighted by Crippen LogP contribution is 2.33. The standard InChI is InChI=1S/C20H16ClNO3S/c1-25-20(24)14-8-10-15(11-9-14)22-18(23)12-26-17-7-3-5-13-4-2-6-16(21)19(13)17/h2-11H,12H2,1H3,(H,22,23). The molecule has 0 spiro atoms. The number of amides is 1. The van der Waals surface area contributed by atoms with Crippen molar-refractivity contribution < 1.29 is 14.3 Å². The van der Waals surface area contributed by atoms with E-state index in [1.807, 2.05) is 36.4 Å². The lowest BCUT2D eigenvalue weighted by atomic mass is 10.1. The molecule has 3 rings (SSSR count). The van der Waals surface area contributed by atoms with E-state index in [-0.39, 0.29) is 11.7 Å². The van der Waals surface area contributed by atoms with Crippen molar-refractivity contribution in [1.29, 1.82) is 0 Å². The monoisotopic (exact) mass is 385 g/mol. The normalized spacial score (nSPS) is 10.5. The first-order valence-corrected chi connectivity index (χ1v) is 9.23. The summed E-state index contributed by atoms with van der Waals surface area (Å²) in [5.74, 6) is -0.292. The second-order valence-electron chi connectivity index (χ2n) is 5.50. The van der Waals surface area contributed by atoms with Gasteiger partial charge in [0, 0.05) is 21.0 Å². The van der Waals surface area contributed by atoms with Gasteiger partial charge in [-0.25, -0.2) is 4.79 Å². The average molecular weight is 386 g/mol. The molecule has 0 fully saturated rings. The molecule has 6 heteroatoms. The zero-order valence-corrected chi connectivity index (χ0v) is 15.6. The predicted octanol–water partition coefficient (Wildman–Crippen LogP) is 5.01. The summed E-state index contributed by atoms with van der Waals surface area (Å²) in [6.45, 7) is 0. The van der Waals surface area contributed by atoms with Crippen molar-refractivity contribution in [2.24, 2.45) is 0 Å². The largest absolute Gasteiger partial charge is 0.465 e. The Bertz CT molecular complexity index is 952. The van der Waals surface area contributed by atoms with Crippen LogP contribution in [0.25, 0.3) is 10.8 Å². The third kappa shape index (κ3) is 4.18. The second kappa shape index (κ2) is 8.25. The Morgan fingerprint density at radius 1 is 1.04 bits per heavy atom. The van der Waals surface area contributed by atoms with E-state index in [1.165, 1.54) is 18.9 Å². The van der Waals surface area contributed by atoms with Crippen LogP contribution in [0.1, 0.15) is 10.4 Å². The predicted molar refractivity (Wildman–Crippen MR) is 106 cm³/mol. The zero-order valence-electron chi connectivity index (χ0n) is 14.0. The summed E-state index contributed by atoms with van der Waals surface area (Å²) < 4.78 is 4.65. The molecule has 0 aliphatic carbocycles. The number of anilines is 1. The van der Waals surface area contributed by atoms with E-state index in [4.69, 9.17) is 11.6 Å². The summed E-state index contributed by atoms with van der Waals surface area (Å²) in [4.78, 5) is 24.6. The minimum atomic E-state index is -0.411. The molecule has 0 saturated heterocycles. The van der Waals surface area contributed by atoms with Crippen LogP contribution in [0.15, 0.2) is 65.6 Å². The molecule has 0 aliphatic heterocycles. The maximum Gasteiger partial charge on any atom is 0.337 e. The summed E-state index contributed by atoms with van der Waals surface area (Å²) in [6.07, 6.45) is 0. The highest BCUT2D eigenvalue weighted by atomic mass is 35.5. The van der Waals surface area contributed by atoms with Crippen LogP contribution in [0.3, 0.4) is 0 Å². The molecule has 1 N–H and O–H groups in total. The van der Waals surface area contributed by atoms with Crippen LogP contribution in [0, 0.1) is 0 Å². The van der Waals surface area contributed by atoms with Crippen molar-refractivity contribution in [3.05, 3.63) is 71.2 Å². The Morgan fingerprint density at radius 2 is 1.73 bits per heavy atom. The first kappa shape index (κ1) is 18.3. The third-order valence-electron chi connectivity index (χ3n) is 3.76. The van der Waals surface area contributed by atoms with Crippen LogP contribution >= 0.6 is 23.4 Å². The highest BCUT2D eigenvalue weighted by molar-refractivity contribution is 8.00. The fourth-order valence-corrected chi connectivity index (χ4v) is 3.78. The van der Waals surface area contributed by atoms with Gasteiger partial charge in [-0.15, -0.1) is 11.8 Å². The van der Waals surface area contributed by atoms with Crippen molar-refractivity contribution in [2.75, 3.05) is 18.2 Å². The number of rotatable bonds is 5. The van der Waals surface area contributed by atoms with Gasteiger partial charge in [0.1, 0.15) is 0 Å². The molecule has 0 aliphatic rings. The molecule has 0 radical (unpaired) electrons. The number of thioether (sulfide) groups is 1. The molecule has 4 nitrogen and oxygen atoms in total. The van der Waals surface area contributed by atoms with E-state index in [1.54, 1.807) is 24.3 Å². The number of methoxy groups -OCH3 is 1. The summed E-state index contributed by atoms with van der Waals surface area (Å²) in [7, 11) is 1.33. The van der Waals surface area contributed by atoms with Crippen molar-refractivity contribution in [1.82, 2.24) is 0 Å². The van der Waals surface area contributed by atoms with Gasteiger partial charge < -0.3 is 10.1 Å². The van der Waals surface area contributed by atoms with Crippen LogP contribution < -0.4 is 5.32 Å².